The van der Waals surface area contributed by atoms with E-state index < -0.39 is 29.9 Å². The van der Waals surface area contributed by atoms with Gasteiger partial charge in [0.15, 0.2) is 0 Å². The largest absolute Gasteiger partial charge is 0.480 e. The number of nitrogens with one attached hydrogen (secondary N) is 1. The second kappa shape index (κ2) is 9.82. The number of rotatable bonds is 9. The van der Waals surface area contributed by atoms with Crippen molar-refractivity contribution in [2.45, 2.75) is 19.8 Å². The number of carboxylic acids is 1. The van der Waals surface area contributed by atoms with E-state index in [2.05, 4.69) is 17.4 Å². The minimum atomic E-state index is -1.17. The molecule has 1 aliphatic carbocycles. The number of benzene rings is 2. The van der Waals surface area contributed by atoms with Crippen molar-refractivity contribution in [3.63, 3.8) is 0 Å². The van der Waals surface area contributed by atoms with E-state index in [1.165, 1.54) is 0 Å². The van der Waals surface area contributed by atoms with Crippen LogP contribution in [0.4, 0.5) is 4.79 Å². The number of hydrogen-bond donors (Lipinski definition) is 3. The molecule has 0 fully saturated rings. The van der Waals surface area contributed by atoms with Gasteiger partial charge < -0.3 is 25.2 Å². The van der Waals surface area contributed by atoms with Gasteiger partial charge in [0, 0.05) is 19.0 Å². The summed E-state index contributed by atoms with van der Waals surface area (Å²) >= 11 is 0. The third-order valence-corrected chi connectivity index (χ3v) is 5.58. The molecule has 32 heavy (non-hydrogen) atoms. The van der Waals surface area contributed by atoms with Crippen molar-refractivity contribution >= 4 is 18.0 Å². The smallest absolute Gasteiger partial charge is 0.407 e. The van der Waals surface area contributed by atoms with Crippen LogP contribution in [-0.4, -0.2) is 65.9 Å². The zero-order valence-electron chi connectivity index (χ0n) is 18.2. The summed E-state index contributed by atoms with van der Waals surface area (Å²) in [5.74, 6) is -1.72. The van der Waals surface area contributed by atoms with Crippen LogP contribution in [0.15, 0.2) is 48.5 Å². The Morgan fingerprint density at radius 2 is 1.59 bits per heavy atom. The van der Waals surface area contributed by atoms with Crippen LogP contribution < -0.4 is 5.32 Å². The van der Waals surface area contributed by atoms with Gasteiger partial charge in [0.1, 0.15) is 13.2 Å². The van der Waals surface area contributed by atoms with Crippen molar-refractivity contribution < 1.29 is 29.3 Å². The highest BCUT2D eigenvalue weighted by atomic mass is 16.5. The Hall–Kier alpha value is -3.39. The molecule has 2 aromatic rings. The zero-order chi connectivity index (χ0) is 23.3. The maximum absolute atomic E-state index is 12.7. The molecule has 3 N–H and O–H groups in total. The second-order valence-corrected chi connectivity index (χ2v) is 8.41. The fraction of sp³-hybridized carbons (Fsp3) is 0.375. The van der Waals surface area contributed by atoms with Crippen molar-refractivity contribution in [3.05, 3.63) is 59.7 Å². The highest BCUT2D eigenvalue weighted by Crippen LogP contribution is 2.44. The monoisotopic (exact) mass is 440 g/mol. The van der Waals surface area contributed by atoms with Gasteiger partial charge in [0.25, 0.3) is 0 Å². The van der Waals surface area contributed by atoms with Crippen LogP contribution in [0.3, 0.4) is 0 Å². The number of aliphatic hydroxyl groups excluding tert-OH is 1. The van der Waals surface area contributed by atoms with Gasteiger partial charge in [-0.15, -0.1) is 0 Å². The molecule has 0 aromatic heterocycles. The van der Waals surface area contributed by atoms with E-state index >= 15 is 0 Å². The number of amides is 2. The normalized spacial score (nSPS) is 12.6. The third kappa shape index (κ3) is 5.08. The molecule has 3 rings (SSSR count). The maximum atomic E-state index is 12.7. The minimum absolute atomic E-state index is 0.0376. The Morgan fingerprint density at radius 1 is 1.03 bits per heavy atom. The van der Waals surface area contributed by atoms with Crippen LogP contribution in [0.25, 0.3) is 11.1 Å². The summed E-state index contributed by atoms with van der Waals surface area (Å²) in [4.78, 5) is 37.1. The SMILES string of the molecule is CC(C)(CNC(=O)OCC1c2ccccc2-c2ccccc21)C(=O)N(CCO)CC(=O)O. The number of carbonyl (C=O) groups excluding carboxylic acids is 2. The fourth-order valence-corrected chi connectivity index (χ4v) is 3.98. The zero-order valence-corrected chi connectivity index (χ0v) is 18.2. The molecule has 2 amide bonds. The molecule has 0 radical (unpaired) electrons. The van der Waals surface area contributed by atoms with Gasteiger partial charge in [-0.05, 0) is 36.1 Å². The molecule has 0 bridgehead atoms. The molecular formula is C24H28N2O6. The summed E-state index contributed by atoms with van der Waals surface area (Å²) in [7, 11) is 0. The van der Waals surface area contributed by atoms with E-state index in [1.54, 1.807) is 13.8 Å². The van der Waals surface area contributed by atoms with Gasteiger partial charge in [-0.1, -0.05) is 48.5 Å². The van der Waals surface area contributed by atoms with Gasteiger partial charge in [-0.25, -0.2) is 4.79 Å². The van der Waals surface area contributed by atoms with Crippen molar-refractivity contribution in [2.75, 3.05) is 32.8 Å². The second-order valence-electron chi connectivity index (χ2n) is 8.41. The van der Waals surface area contributed by atoms with Gasteiger partial charge in [0.2, 0.25) is 5.91 Å². The third-order valence-electron chi connectivity index (χ3n) is 5.58. The molecule has 8 heteroatoms. The van der Waals surface area contributed by atoms with E-state index in [-0.39, 0.29) is 32.2 Å². The highest BCUT2D eigenvalue weighted by molar-refractivity contribution is 5.86. The Kier molecular flexibility index (Phi) is 7.15. The lowest BCUT2D eigenvalue weighted by molar-refractivity contribution is -0.149. The maximum Gasteiger partial charge on any atom is 0.407 e. The van der Waals surface area contributed by atoms with Crippen molar-refractivity contribution in [3.8, 4) is 11.1 Å². The van der Waals surface area contributed by atoms with Gasteiger partial charge in [0.05, 0.1) is 12.0 Å². The molecule has 2 aromatic carbocycles. The van der Waals surface area contributed by atoms with Crippen molar-refractivity contribution in [2.24, 2.45) is 5.41 Å². The first kappa shape index (κ1) is 23.3. The van der Waals surface area contributed by atoms with Crippen LogP contribution in [-0.2, 0) is 14.3 Å². The molecule has 0 saturated heterocycles. The molecule has 170 valence electrons. The molecule has 0 heterocycles. The number of nitrogens with zero attached hydrogens (tertiary/aromatic N) is 1. The number of aliphatic hydroxyl groups is 1. The Labute approximate surface area is 186 Å². The number of carbonyl (C=O) groups is 3. The van der Waals surface area contributed by atoms with E-state index in [0.717, 1.165) is 27.2 Å². The number of hydrogen-bond acceptors (Lipinski definition) is 5. The standard InChI is InChI=1S/C24H28N2O6/c1-24(2,22(30)26(11-12-27)13-21(28)29)15-25-23(31)32-14-20-18-9-5-3-7-16(18)17-8-4-6-10-19(17)20/h3-10,20,27H,11-15H2,1-2H3,(H,25,31)(H,28,29). The topological polar surface area (TPSA) is 116 Å². The minimum Gasteiger partial charge on any atom is -0.480 e. The lowest BCUT2D eigenvalue weighted by Crippen LogP contribution is -2.49. The lowest BCUT2D eigenvalue weighted by atomic mass is 9.91. The summed E-state index contributed by atoms with van der Waals surface area (Å²) in [6.45, 7) is 2.35. The van der Waals surface area contributed by atoms with Crippen LogP contribution >= 0.6 is 0 Å². The highest BCUT2D eigenvalue weighted by Gasteiger charge is 2.34. The van der Waals surface area contributed by atoms with E-state index in [0.29, 0.717) is 0 Å². The first-order chi connectivity index (χ1) is 15.2. The summed E-state index contributed by atoms with van der Waals surface area (Å²) in [6.07, 6.45) is -0.653. The van der Waals surface area contributed by atoms with Crippen LogP contribution in [0.1, 0.15) is 30.9 Å². The summed E-state index contributed by atoms with van der Waals surface area (Å²) in [6, 6.07) is 16.0. The van der Waals surface area contributed by atoms with Crippen molar-refractivity contribution in [1.29, 1.82) is 0 Å². The summed E-state index contributed by atoms with van der Waals surface area (Å²) in [5.41, 5.74) is 3.39. The fourth-order valence-electron chi connectivity index (χ4n) is 3.98. The Bertz CT molecular complexity index is 958. The molecule has 0 aliphatic heterocycles. The van der Waals surface area contributed by atoms with Crippen molar-refractivity contribution in [1.82, 2.24) is 10.2 Å². The van der Waals surface area contributed by atoms with E-state index in [9.17, 15) is 14.4 Å². The van der Waals surface area contributed by atoms with Crippen LogP contribution in [0, 0.1) is 5.41 Å². The average Bonchev–Trinajstić information content (AvgIpc) is 3.09. The molecule has 8 nitrogen and oxygen atoms in total. The molecule has 1 aliphatic rings. The molecular weight excluding hydrogens is 412 g/mol. The number of ether oxygens (including phenoxy) is 1. The van der Waals surface area contributed by atoms with E-state index in [4.69, 9.17) is 14.9 Å². The van der Waals surface area contributed by atoms with E-state index in [1.807, 2.05) is 36.4 Å². The summed E-state index contributed by atoms with van der Waals surface area (Å²) in [5, 5.41) is 20.7. The number of carboxylic acid groups (broad SMARTS) is 1. The molecule has 0 atom stereocenters. The Morgan fingerprint density at radius 3 is 2.12 bits per heavy atom. The first-order valence-electron chi connectivity index (χ1n) is 10.5. The lowest BCUT2D eigenvalue weighted by Gasteiger charge is -2.30. The first-order valence-corrected chi connectivity index (χ1v) is 10.5. The molecule has 0 spiro atoms. The Balaban J connectivity index is 1.59. The van der Waals surface area contributed by atoms with Gasteiger partial charge in [-0.3, -0.25) is 9.59 Å². The summed E-state index contributed by atoms with van der Waals surface area (Å²) < 4.78 is 5.48. The predicted octanol–water partition coefficient (Wildman–Crippen LogP) is 2.46. The van der Waals surface area contributed by atoms with Gasteiger partial charge in [-0.2, -0.15) is 0 Å². The quantitative estimate of drug-likeness (QED) is 0.552. The predicted molar refractivity (Wildman–Crippen MR) is 118 cm³/mol. The van der Waals surface area contributed by atoms with Gasteiger partial charge >= 0.3 is 12.1 Å². The van der Waals surface area contributed by atoms with Crippen LogP contribution in [0.2, 0.25) is 0 Å². The number of aliphatic carboxylic acids is 1. The van der Waals surface area contributed by atoms with Crippen LogP contribution in [0.5, 0.6) is 0 Å². The number of fused-ring (bicyclic) bond motifs is 3. The number of alkyl carbamates (subject to hydrolysis) is 1. The molecule has 0 unspecified atom stereocenters. The molecule has 0 saturated carbocycles. The average molecular weight is 440 g/mol.